The summed E-state index contributed by atoms with van der Waals surface area (Å²) in [6.45, 7) is 4.32. The Morgan fingerprint density at radius 2 is 2.31 bits per heavy atom. The Bertz CT molecular complexity index is 205. The van der Waals surface area contributed by atoms with Crippen molar-refractivity contribution < 1.29 is 4.79 Å². The van der Waals surface area contributed by atoms with Crippen LogP contribution in [0.2, 0.25) is 0 Å². The van der Waals surface area contributed by atoms with Gasteiger partial charge in [0.15, 0.2) is 0 Å². The monoisotopic (exact) mass is 244 g/mol. The maximum Gasteiger partial charge on any atom is 0.238 e. The lowest BCUT2D eigenvalue weighted by Gasteiger charge is -2.16. The van der Waals surface area contributed by atoms with E-state index in [2.05, 4.69) is 24.5 Å². The van der Waals surface area contributed by atoms with Gasteiger partial charge in [-0.05, 0) is 13.3 Å². The summed E-state index contributed by atoms with van der Waals surface area (Å²) in [5, 5.41) is 6.27. The Balaban J connectivity index is 2.08. The Hall–Kier alpha value is -0.220. The predicted molar refractivity (Wildman–Crippen MR) is 70.6 cm³/mol. The molecule has 0 radical (unpaired) electrons. The molecule has 4 heteroatoms. The third-order valence-corrected chi connectivity index (χ3v) is 3.85. The number of nitrogens with one attached hydrogen (secondary N) is 2. The van der Waals surface area contributed by atoms with Crippen molar-refractivity contribution in [3.05, 3.63) is 0 Å². The average Bonchev–Trinajstić information content (AvgIpc) is 2.77. The van der Waals surface area contributed by atoms with E-state index in [0.717, 1.165) is 18.1 Å². The van der Waals surface area contributed by atoms with E-state index in [-0.39, 0.29) is 11.9 Å². The second kappa shape index (κ2) is 7.96. The number of thioether (sulfide) groups is 1. The summed E-state index contributed by atoms with van der Waals surface area (Å²) in [7, 11) is 0. The minimum Gasteiger partial charge on any atom is -0.352 e. The third-order valence-electron chi connectivity index (χ3n) is 2.91. The van der Waals surface area contributed by atoms with Crippen LogP contribution in [0.25, 0.3) is 0 Å². The Morgan fingerprint density at radius 1 is 1.50 bits per heavy atom. The minimum absolute atomic E-state index is 0.0306. The van der Waals surface area contributed by atoms with E-state index in [1.54, 1.807) is 11.8 Å². The lowest BCUT2D eigenvalue weighted by atomic mass is 10.1. The minimum atomic E-state index is 0.0306. The molecule has 0 aliphatic carbocycles. The standard InChI is InChI=1S/C12H24N2OS/c1-3-4-5-6-7-10(2)14-12(15)11-8-16-9-13-11/h10-11,13H,3-9H2,1-2H3,(H,14,15). The number of hydrogen-bond donors (Lipinski definition) is 2. The van der Waals surface area contributed by atoms with Crippen LogP contribution in [-0.4, -0.2) is 29.6 Å². The molecule has 3 nitrogen and oxygen atoms in total. The van der Waals surface area contributed by atoms with Gasteiger partial charge in [0.2, 0.25) is 5.91 Å². The van der Waals surface area contributed by atoms with Crippen LogP contribution < -0.4 is 10.6 Å². The van der Waals surface area contributed by atoms with Crippen molar-refractivity contribution in [3.8, 4) is 0 Å². The number of hydrogen-bond acceptors (Lipinski definition) is 3. The van der Waals surface area contributed by atoms with Crippen LogP contribution in [0.1, 0.15) is 46.0 Å². The number of amides is 1. The Labute approximate surface area is 103 Å². The predicted octanol–water partition coefficient (Wildman–Crippen LogP) is 2.12. The van der Waals surface area contributed by atoms with Crippen LogP contribution in [0.15, 0.2) is 0 Å². The van der Waals surface area contributed by atoms with E-state index >= 15 is 0 Å². The highest BCUT2D eigenvalue weighted by atomic mass is 32.2. The van der Waals surface area contributed by atoms with Crippen molar-refractivity contribution in [2.24, 2.45) is 0 Å². The van der Waals surface area contributed by atoms with Gasteiger partial charge in [0.05, 0.1) is 6.04 Å². The molecule has 0 bridgehead atoms. The first-order valence-corrected chi connectivity index (χ1v) is 7.51. The third kappa shape index (κ3) is 5.21. The molecule has 1 saturated heterocycles. The lowest BCUT2D eigenvalue weighted by Crippen LogP contribution is -2.45. The van der Waals surface area contributed by atoms with Gasteiger partial charge in [-0.2, -0.15) is 0 Å². The molecule has 1 aliphatic rings. The molecule has 1 fully saturated rings. The zero-order valence-electron chi connectivity index (χ0n) is 10.4. The van der Waals surface area contributed by atoms with Gasteiger partial charge in [-0.3, -0.25) is 10.1 Å². The van der Waals surface area contributed by atoms with Gasteiger partial charge in [-0.1, -0.05) is 32.6 Å². The molecule has 2 unspecified atom stereocenters. The fourth-order valence-corrected chi connectivity index (χ4v) is 2.80. The highest BCUT2D eigenvalue weighted by Gasteiger charge is 2.23. The average molecular weight is 244 g/mol. The first kappa shape index (κ1) is 13.8. The van der Waals surface area contributed by atoms with E-state index in [1.165, 1.54) is 25.7 Å². The van der Waals surface area contributed by atoms with Crippen molar-refractivity contribution in [3.63, 3.8) is 0 Å². The first-order chi connectivity index (χ1) is 7.74. The largest absolute Gasteiger partial charge is 0.352 e. The van der Waals surface area contributed by atoms with Crippen LogP contribution >= 0.6 is 11.8 Å². The normalized spacial score (nSPS) is 22.0. The van der Waals surface area contributed by atoms with Gasteiger partial charge in [-0.25, -0.2) is 0 Å². The van der Waals surface area contributed by atoms with Crippen molar-refractivity contribution in [1.29, 1.82) is 0 Å². The maximum absolute atomic E-state index is 11.8. The molecule has 16 heavy (non-hydrogen) atoms. The molecule has 2 atom stereocenters. The summed E-state index contributed by atoms with van der Waals surface area (Å²) in [5.74, 6) is 1.99. The summed E-state index contributed by atoms with van der Waals surface area (Å²) in [5.41, 5.74) is 0. The molecule has 1 amide bonds. The van der Waals surface area contributed by atoms with Crippen LogP contribution in [0.4, 0.5) is 0 Å². The smallest absolute Gasteiger partial charge is 0.238 e. The molecule has 0 saturated carbocycles. The van der Waals surface area contributed by atoms with Gasteiger partial charge in [-0.15, -0.1) is 11.8 Å². The van der Waals surface area contributed by atoms with Gasteiger partial charge in [0, 0.05) is 17.7 Å². The highest BCUT2D eigenvalue weighted by Crippen LogP contribution is 2.10. The summed E-state index contributed by atoms with van der Waals surface area (Å²) >= 11 is 1.79. The summed E-state index contributed by atoms with van der Waals surface area (Å²) < 4.78 is 0. The molecular formula is C12H24N2OS. The summed E-state index contributed by atoms with van der Waals surface area (Å²) in [4.78, 5) is 11.8. The van der Waals surface area contributed by atoms with Gasteiger partial charge < -0.3 is 5.32 Å². The van der Waals surface area contributed by atoms with E-state index in [0.29, 0.717) is 6.04 Å². The molecular weight excluding hydrogens is 220 g/mol. The molecule has 94 valence electrons. The topological polar surface area (TPSA) is 41.1 Å². The molecule has 1 heterocycles. The highest BCUT2D eigenvalue weighted by molar-refractivity contribution is 7.99. The second-order valence-corrected chi connectivity index (χ2v) is 5.56. The quantitative estimate of drug-likeness (QED) is 0.674. The first-order valence-electron chi connectivity index (χ1n) is 6.35. The number of rotatable bonds is 7. The molecule has 0 aromatic heterocycles. The molecule has 2 N–H and O–H groups in total. The van der Waals surface area contributed by atoms with Crippen molar-refractivity contribution in [1.82, 2.24) is 10.6 Å². The van der Waals surface area contributed by atoms with Crippen LogP contribution in [0, 0.1) is 0 Å². The SMILES string of the molecule is CCCCCCC(C)NC(=O)C1CSCN1. The van der Waals surface area contributed by atoms with Crippen molar-refractivity contribution in [2.45, 2.75) is 58.0 Å². The molecule has 1 aliphatic heterocycles. The van der Waals surface area contributed by atoms with E-state index in [9.17, 15) is 4.79 Å². The van der Waals surface area contributed by atoms with E-state index in [4.69, 9.17) is 0 Å². The van der Waals surface area contributed by atoms with Gasteiger partial charge in [0.25, 0.3) is 0 Å². The summed E-state index contributed by atoms with van der Waals surface area (Å²) in [6, 6.07) is 0.347. The van der Waals surface area contributed by atoms with E-state index in [1.807, 2.05) is 0 Å². The second-order valence-electron chi connectivity index (χ2n) is 4.53. The molecule has 0 spiro atoms. The summed E-state index contributed by atoms with van der Waals surface area (Å²) in [6.07, 6.45) is 6.19. The van der Waals surface area contributed by atoms with Gasteiger partial charge >= 0.3 is 0 Å². The van der Waals surface area contributed by atoms with Crippen molar-refractivity contribution >= 4 is 17.7 Å². The molecule has 0 aromatic carbocycles. The lowest BCUT2D eigenvalue weighted by molar-refractivity contribution is -0.123. The number of unbranched alkanes of at least 4 members (excludes halogenated alkanes) is 3. The Kier molecular flexibility index (Phi) is 6.88. The van der Waals surface area contributed by atoms with Crippen molar-refractivity contribution in [2.75, 3.05) is 11.6 Å². The fourth-order valence-electron chi connectivity index (χ4n) is 1.86. The maximum atomic E-state index is 11.8. The van der Waals surface area contributed by atoms with Crippen LogP contribution in [-0.2, 0) is 4.79 Å². The van der Waals surface area contributed by atoms with Gasteiger partial charge in [0.1, 0.15) is 0 Å². The molecule has 0 aromatic rings. The zero-order valence-corrected chi connectivity index (χ0v) is 11.2. The Morgan fingerprint density at radius 3 is 2.94 bits per heavy atom. The number of carbonyl (C=O) groups is 1. The molecule has 1 rings (SSSR count). The fraction of sp³-hybridized carbons (Fsp3) is 0.917. The number of carbonyl (C=O) groups excluding carboxylic acids is 1. The zero-order chi connectivity index (χ0) is 11.8. The van der Waals surface area contributed by atoms with E-state index < -0.39 is 0 Å². The van der Waals surface area contributed by atoms with Crippen LogP contribution in [0.5, 0.6) is 0 Å². The van der Waals surface area contributed by atoms with Crippen LogP contribution in [0.3, 0.4) is 0 Å².